The molecule has 0 fully saturated rings. The SMILES string of the molecule is CCCNC(C)c1ncc(CCc2cccc(C)c2)o1. The summed E-state index contributed by atoms with van der Waals surface area (Å²) in [5.74, 6) is 1.75. The van der Waals surface area contributed by atoms with E-state index >= 15 is 0 Å². The number of benzene rings is 1. The summed E-state index contributed by atoms with van der Waals surface area (Å²) in [6.45, 7) is 7.35. The van der Waals surface area contributed by atoms with E-state index in [1.165, 1.54) is 11.1 Å². The Balaban J connectivity index is 1.89. The van der Waals surface area contributed by atoms with Crippen LogP contribution in [0.1, 0.15) is 49.1 Å². The third-order valence-corrected chi connectivity index (χ3v) is 3.38. The highest BCUT2D eigenvalue weighted by Gasteiger charge is 2.11. The van der Waals surface area contributed by atoms with Crippen LogP contribution in [0.3, 0.4) is 0 Å². The molecule has 1 heterocycles. The van der Waals surface area contributed by atoms with E-state index in [1.54, 1.807) is 0 Å². The van der Waals surface area contributed by atoms with Gasteiger partial charge in [-0.3, -0.25) is 0 Å². The maximum absolute atomic E-state index is 5.82. The Morgan fingerprint density at radius 1 is 1.30 bits per heavy atom. The summed E-state index contributed by atoms with van der Waals surface area (Å²) < 4.78 is 5.82. The molecule has 0 aliphatic heterocycles. The van der Waals surface area contributed by atoms with Gasteiger partial charge in [0.15, 0.2) is 0 Å². The summed E-state index contributed by atoms with van der Waals surface area (Å²) in [5.41, 5.74) is 2.65. The fraction of sp³-hybridized carbons (Fsp3) is 0.471. The summed E-state index contributed by atoms with van der Waals surface area (Å²) in [7, 11) is 0. The van der Waals surface area contributed by atoms with Gasteiger partial charge in [0.1, 0.15) is 5.76 Å². The second-order valence-electron chi connectivity index (χ2n) is 5.33. The quantitative estimate of drug-likeness (QED) is 0.832. The number of aromatic nitrogens is 1. The van der Waals surface area contributed by atoms with Crippen LogP contribution in [0.15, 0.2) is 34.9 Å². The Labute approximate surface area is 121 Å². The molecular formula is C17H24N2O. The minimum Gasteiger partial charge on any atom is -0.444 e. The van der Waals surface area contributed by atoms with Gasteiger partial charge in [-0.05, 0) is 38.8 Å². The van der Waals surface area contributed by atoms with E-state index in [0.717, 1.165) is 37.5 Å². The molecule has 0 amide bonds. The molecule has 0 saturated heterocycles. The van der Waals surface area contributed by atoms with Crippen molar-refractivity contribution in [2.24, 2.45) is 0 Å². The molecule has 0 aliphatic rings. The van der Waals surface area contributed by atoms with Crippen LogP contribution in [0.2, 0.25) is 0 Å². The first-order valence-corrected chi connectivity index (χ1v) is 7.42. The van der Waals surface area contributed by atoms with Crippen LogP contribution in [0.5, 0.6) is 0 Å². The first kappa shape index (κ1) is 14.8. The Bertz CT molecular complexity index is 533. The molecular weight excluding hydrogens is 248 g/mol. The summed E-state index contributed by atoms with van der Waals surface area (Å²) in [4.78, 5) is 4.37. The lowest BCUT2D eigenvalue weighted by Crippen LogP contribution is -2.19. The maximum atomic E-state index is 5.82. The molecule has 1 unspecified atom stereocenters. The van der Waals surface area contributed by atoms with Crippen molar-refractivity contribution < 1.29 is 4.42 Å². The van der Waals surface area contributed by atoms with E-state index in [2.05, 4.69) is 55.3 Å². The van der Waals surface area contributed by atoms with Crippen molar-refractivity contribution in [3.8, 4) is 0 Å². The van der Waals surface area contributed by atoms with Gasteiger partial charge in [-0.2, -0.15) is 0 Å². The molecule has 2 rings (SSSR count). The monoisotopic (exact) mass is 272 g/mol. The number of nitrogens with zero attached hydrogens (tertiary/aromatic N) is 1. The second-order valence-corrected chi connectivity index (χ2v) is 5.33. The fourth-order valence-electron chi connectivity index (χ4n) is 2.22. The van der Waals surface area contributed by atoms with Crippen LogP contribution in [-0.4, -0.2) is 11.5 Å². The highest BCUT2D eigenvalue weighted by Crippen LogP contribution is 2.15. The third-order valence-electron chi connectivity index (χ3n) is 3.38. The average Bonchev–Trinajstić information content (AvgIpc) is 2.91. The average molecular weight is 272 g/mol. The van der Waals surface area contributed by atoms with Crippen molar-refractivity contribution in [3.63, 3.8) is 0 Å². The van der Waals surface area contributed by atoms with E-state index in [9.17, 15) is 0 Å². The smallest absolute Gasteiger partial charge is 0.211 e. The number of aryl methyl sites for hydroxylation is 3. The Morgan fingerprint density at radius 3 is 2.90 bits per heavy atom. The first-order valence-electron chi connectivity index (χ1n) is 7.42. The van der Waals surface area contributed by atoms with Crippen LogP contribution in [0, 0.1) is 6.92 Å². The lowest BCUT2D eigenvalue weighted by molar-refractivity contribution is 0.394. The van der Waals surface area contributed by atoms with E-state index in [0.29, 0.717) is 0 Å². The predicted octanol–water partition coefficient (Wildman–Crippen LogP) is 3.83. The molecule has 0 bridgehead atoms. The molecule has 2 aromatic rings. The summed E-state index contributed by atoms with van der Waals surface area (Å²) in [5, 5.41) is 3.39. The fourth-order valence-corrected chi connectivity index (χ4v) is 2.22. The Kier molecular flexibility index (Phi) is 5.36. The molecule has 0 aliphatic carbocycles. The predicted molar refractivity (Wildman–Crippen MR) is 81.8 cm³/mol. The first-order chi connectivity index (χ1) is 9.69. The van der Waals surface area contributed by atoms with Gasteiger partial charge in [0, 0.05) is 6.42 Å². The normalized spacial score (nSPS) is 12.6. The molecule has 0 spiro atoms. The standard InChI is InChI=1S/C17H24N2O/c1-4-10-18-14(3)17-19-12-16(20-17)9-8-15-7-5-6-13(2)11-15/h5-7,11-12,14,18H,4,8-10H2,1-3H3. The molecule has 1 atom stereocenters. The van der Waals surface area contributed by atoms with Crippen molar-refractivity contribution in [3.05, 3.63) is 53.2 Å². The van der Waals surface area contributed by atoms with Crippen molar-refractivity contribution in [1.29, 1.82) is 0 Å². The zero-order valence-electron chi connectivity index (χ0n) is 12.6. The van der Waals surface area contributed by atoms with Crippen LogP contribution in [0.4, 0.5) is 0 Å². The number of rotatable bonds is 7. The van der Waals surface area contributed by atoms with E-state index in [1.807, 2.05) is 6.20 Å². The minimum atomic E-state index is 0.183. The van der Waals surface area contributed by atoms with Gasteiger partial charge in [-0.15, -0.1) is 0 Å². The third kappa shape index (κ3) is 4.20. The molecule has 1 aromatic carbocycles. The number of hydrogen-bond acceptors (Lipinski definition) is 3. The lowest BCUT2D eigenvalue weighted by Gasteiger charge is -2.08. The van der Waals surface area contributed by atoms with Crippen LogP contribution in [0.25, 0.3) is 0 Å². The van der Waals surface area contributed by atoms with Gasteiger partial charge in [-0.25, -0.2) is 4.98 Å². The zero-order chi connectivity index (χ0) is 14.4. The summed E-state index contributed by atoms with van der Waals surface area (Å²) in [6.07, 6.45) is 4.87. The summed E-state index contributed by atoms with van der Waals surface area (Å²) in [6, 6.07) is 8.80. The van der Waals surface area contributed by atoms with E-state index < -0.39 is 0 Å². The minimum absolute atomic E-state index is 0.183. The molecule has 0 saturated carbocycles. The largest absolute Gasteiger partial charge is 0.444 e. The molecule has 1 N–H and O–H groups in total. The molecule has 0 radical (unpaired) electrons. The Hall–Kier alpha value is -1.61. The lowest BCUT2D eigenvalue weighted by atomic mass is 10.1. The number of hydrogen-bond donors (Lipinski definition) is 1. The van der Waals surface area contributed by atoms with Gasteiger partial charge in [0.2, 0.25) is 5.89 Å². The van der Waals surface area contributed by atoms with Gasteiger partial charge in [0.25, 0.3) is 0 Å². The van der Waals surface area contributed by atoms with Gasteiger partial charge in [-0.1, -0.05) is 36.8 Å². The van der Waals surface area contributed by atoms with E-state index in [4.69, 9.17) is 4.42 Å². The van der Waals surface area contributed by atoms with Crippen molar-refractivity contribution in [2.45, 2.75) is 46.1 Å². The molecule has 3 heteroatoms. The number of nitrogens with one attached hydrogen (secondary N) is 1. The molecule has 20 heavy (non-hydrogen) atoms. The van der Waals surface area contributed by atoms with E-state index in [-0.39, 0.29) is 6.04 Å². The van der Waals surface area contributed by atoms with Crippen molar-refractivity contribution in [2.75, 3.05) is 6.54 Å². The summed E-state index contributed by atoms with van der Waals surface area (Å²) >= 11 is 0. The van der Waals surface area contributed by atoms with Crippen LogP contribution < -0.4 is 5.32 Å². The van der Waals surface area contributed by atoms with Crippen LogP contribution >= 0.6 is 0 Å². The second kappa shape index (κ2) is 7.25. The van der Waals surface area contributed by atoms with Gasteiger partial charge >= 0.3 is 0 Å². The molecule has 1 aromatic heterocycles. The Morgan fingerprint density at radius 2 is 2.15 bits per heavy atom. The zero-order valence-corrected chi connectivity index (χ0v) is 12.6. The van der Waals surface area contributed by atoms with Crippen molar-refractivity contribution in [1.82, 2.24) is 10.3 Å². The van der Waals surface area contributed by atoms with Gasteiger partial charge in [0.05, 0.1) is 12.2 Å². The van der Waals surface area contributed by atoms with Crippen LogP contribution in [-0.2, 0) is 12.8 Å². The van der Waals surface area contributed by atoms with Gasteiger partial charge < -0.3 is 9.73 Å². The highest BCUT2D eigenvalue weighted by molar-refractivity contribution is 5.22. The molecule has 3 nitrogen and oxygen atoms in total. The van der Waals surface area contributed by atoms with Crippen molar-refractivity contribution >= 4 is 0 Å². The highest BCUT2D eigenvalue weighted by atomic mass is 16.4. The molecule has 108 valence electrons. The topological polar surface area (TPSA) is 38.1 Å². The maximum Gasteiger partial charge on any atom is 0.211 e. The number of oxazole rings is 1.